The van der Waals surface area contributed by atoms with Gasteiger partial charge in [0.15, 0.2) is 17.3 Å². The SMILES string of the molecule is COc1cc(Nc2ncc3c(C)nc(-c4sccc4Br)n3n2)cc(OC)c1OC. The number of nitrogens with one attached hydrogen (secondary N) is 1. The Morgan fingerprint density at radius 1 is 1.10 bits per heavy atom. The monoisotopic (exact) mass is 475 g/mol. The highest BCUT2D eigenvalue weighted by Crippen LogP contribution is 2.40. The van der Waals surface area contributed by atoms with Crippen molar-refractivity contribution in [3.8, 4) is 28.0 Å². The molecule has 4 aromatic rings. The van der Waals surface area contributed by atoms with Gasteiger partial charge in [-0.05, 0) is 34.3 Å². The second-order valence-electron chi connectivity index (χ2n) is 6.04. The van der Waals surface area contributed by atoms with E-state index >= 15 is 0 Å². The lowest BCUT2D eigenvalue weighted by Gasteiger charge is -2.14. The fraction of sp³-hybridized carbons (Fsp3) is 0.211. The van der Waals surface area contributed by atoms with Crippen LogP contribution in [0.2, 0.25) is 0 Å². The van der Waals surface area contributed by atoms with E-state index in [0.717, 1.165) is 26.4 Å². The van der Waals surface area contributed by atoms with E-state index in [9.17, 15) is 0 Å². The smallest absolute Gasteiger partial charge is 0.245 e. The number of hydrogen-bond acceptors (Lipinski definition) is 8. The van der Waals surface area contributed by atoms with Crippen molar-refractivity contribution in [2.75, 3.05) is 26.6 Å². The van der Waals surface area contributed by atoms with Gasteiger partial charge in [-0.25, -0.2) is 14.5 Å². The molecule has 0 aliphatic carbocycles. The highest BCUT2D eigenvalue weighted by atomic mass is 79.9. The van der Waals surface area contributed by atoms with Crippen molar-refractivity contribution < 1.29 is 14.2 Å². The lowest BCUT2D eigenvalue weighted by Crippen LogP contribution is -2.04. The van der Waals surface area contributed by atoms with E-state index in [0.29, 0.717) is 28.9 Å². The van der Waals surface area contributed by atoms with Gasteiger partial charge in [0.05, 0.1) is 38.1 Å². The molecule has 0 fully saturated rings. The van der Waals surface area contributed by atoms with Gasteiger partial charge in [-0.15, -0.1) is 16.4 Å². The Balaban J connectivity index is 1.77. The number of rotatable bonds is 6. The van der Waals surface area contributed by atoms with E-state index in [1.54, 1.807) is 55.5 Å². The maximum atomic E-state index is 5.41. The lowest BCUT2D eigenvalue weighted by molar-refractivity contribution is 0.324. The molecule has 0 radical (unpaired) electrons. The Morgan fingerprint density at radius 3 is 2.41 bits per heavy atom. The number of aromatic nitrogens is 4. The third-order valence-corrected chi connectivity index (χ3v) is 6.15. The predicted molar refractivity (Wildman–Crippen MR) is 116 cm³/mol. The summed E-state index contributed by atoms with van der Waals surface area (Å²) in [6.07, 6.45) is 1.75. The molecule has 8 nitrogen and oxygen atoms in total. The summed E-state index contributed by atoms with van der Waals surface area (Å²) in [5.41, 5.74) is 2.41. The zero-order valence-corrected chi connectivity index (χ0v) is 18.6. The van der Waals surface area contributed by atoms with E-state index in [1.165, 1.54) is 0 Å². The van der Waals surface area contributed by atoms with Crippen molar-refractivity contribution in [3.05, 3.63) is 39.9 Å². The number of imidazole rings is 1. The summed E-state index contributed by atoms with van der Waals surface area (Å²) in [5.74, 6) is 2.77. The number of anilines is 2. The first-order valence-corrected chi connectivity index (χ1v) is 10.3. The molecule has 0 saturated heterocycles. The first kappa shape index (κ1) is 19.5. The molecule has 1 N–H and O–H groups in total. The molecule has 4 rings (SSSR count). The Morgan fingerprint density at radius 2 is 1.83 bits per heavy atom. The molecule has 0 spiro atoms. The number of methoxy groups -OCH3 is 3. The Labute approximate surface area is 179 Å². The first-order valence-electron chi connectivity index (χ1n) is 8.58. The van der Waals surface area contributed by atoms with Crippen LogP contribution in [0.4, 0.5) is 11.6 Å². The number of hydrogen-bond donors (Lipinski definition) is 1. The summed E-state index contributed by atoms with van der Waals surface area (Å²) in [6, 6.07) is 5.59. The molecule has 29 heavy (non-hydrogen) atoms. The van der Waals surface area contributed by atoms with Crippen molar-refractivity contribution in [3.63, 3.8) is 0 Å². The molecule has 1 aromatic carbocycles. The number of fused-ring (bicyclic) bond motifs is 1. The summed E-state index contributed by atoms with van der Waals surface area (Å²) >= 11 is 5.17. The van der Waals surface area contributed by atoms with Gasteiger partial charge in [0, 0.05) is 22.3 Å². The molecule has 0 atom stereocenters. The Bertz CT molecular complexity index is 1170. The van der Waals surface area contributed by atoms with Crippen LogP contribution >= 0.6 is 27.3 Å². The largest absolute Gasteiger partial charge is 0.493 e. The lowest BCUT2D eigenvalue weighted by atomic mass is 10.2. The van der Waals surface area contributed by atoms with Crippen molar-refractivity contribution in [1.82, 2.24) is 19.6 Å². The number of benzene rings is 1. The quantitative estimate of drug-likeness (QED) is 0.432. The van der Waals surface area contributed by atoms with Crippen LogP contribution in [-0.2, 0) is 0 Å². The van der Waals surface area contributed by atoms with Crippen LogP contribution in [0.5, 0.6) is 17.2 Å². The van der Waals surface area contributed by atoms with Crippen molar-refractivity contribution in [2.45, 2.75) is 6.92 Å². The van der Waals surface area contributed by atoms with Gasteiger partial charge in [0.25, 0.3) is 0 Å². The van der Waals surface area contributed by atoms with Crippen LogP contribution in [0.15, 0.2) is 34.2 Å². The molecule has 0 bridgehead atoms. The number of thiophene rings is 1. The Hall–Kier alpha value is -2.85. The van der Waals surface area contributed by atoms with Crippen LogP contribution in [0.25, 0.3) is 16.2 Å². The summed E-state index contributed by atoms with van der Waals surface area (Å²) < 4.78 is 19.0. The van der Waals surface area contributed by atoms with Gasteiger partial charge in [-0.2, -0.15) is 0 Å². The molecule has 3 heterocycles. The minimum Gasteiger partial charge on any atom is -0.493 e. The molecule has 0 amide bonds. The second kappa shape index (κ2) is 7.88. The summed E-state index contributed by atoms with van der Waals surface area (Å²) in [5, 5.41) is 9.85. The zero-order valence-electron chi connectivity index (χ0n) is 16.2. The summed E-state index contributed by atoms with van der Waals surface area (Å²) in [4.78, 5) is 10.1. The van der Waals surface area contributed by atoms with E-state index in [4.69, 9.17) is 14.2 Å². The maximum absolute atomic E-state index is 5.41. The number of nitrogens with zero attached hydrogens (tertiary/aromatic N) is 4. The van der Waals surface area contributed by atoms with Crippen molar-refractivity contribution in [2.24, 2.45) is 0 Å². The molecule has 3 aromatic heterocycles. The number of ether oxygens (including phenoxy) is 3. The standard InChI is InChI=1S/C19H18BrN5O3S/c1-10-13-9-21-19(24-25(13)18(22-10)17-12(20)5-6-29-17)23-11-7-14(26-2)16(28-4)15(8-11)27-3/h5-9H,1-4H3,(H,23,24). The maximum Gasteiger partial charge on any atom is 0.245 e. The molecular formula is C19H18BrN5O3S. The summed E-state index contributed by atoms with van der Waals surface area (Å²) in [6.45, 7) is 1.94. The number of aryl methyl sites for hydroxylation is 1. The van der Waals surface area contributed by atoms with Gasteiger partial charge in [-0.1, -0.05) is 0 Å². The van der Waals surface area contributed by atoms with Crippen LogP contribution in [-0.4, -0.2) is 40.9 Å². The van der Waals surface area contributed by atoms with E-state index in [-0.39, 0.29) is 0 Å². The Kier molecular flexibility index (Phi) is 5.29. The van der Waals surface area contributed by atoms with Crippen LogP contribution in [0, 0.1) is 6.92 Å². The topological polar surface area (TPSA) is 82.8 Å². The minimum absolute atomic E-state index is 0.415. The van der Waals surface area contributed by atoms with Crippen molar-refractivity contribution in [1.29, 1.82) is 0 Å². The van der Waals surface area contributed by atoms with Gasteiger partial charge >= 0.3 is 0 Å². The van der Waals surface area contributed by atoms with Crippen LogP contribution < -0.4 is 19.5 Å². The predicted octanol–water partition coefficient (Wildman–Crippen LogP) is 4.69. The van der Waals surface area contributed by atoms with Gasteiger partial charge in [-0.3, -0.25) is 0 Å². The fourth-order valence-electron chi connectivity index (χ4n) is 2.96. The highest BCUT2D eigenvalue weighted by Gasteiger charge is 2.17. The second-order valence-corrected chi connectivity index (χ2v) is 7.81. The third-order valence-electron chi connectivity index (χ3n) is 4.32. The zero-order chi connectivity index (χ0) is 20.5. The molecular weight excluding hydrogens is 458 g/mol. The molecule has 0 aliphatic rings. The van der Waals surface area contributed by atoms with E-state index < -0.39 is 0 Å². The molecule has 0 unspecified atom stereocenters. The van der Waals surface area contributed by atoms with E-state index in [2.05, 4.69) is 36.3 Å². The minimum atomic E-state index is 0.415. The molecule has 10 heteroatoms. The number of halogens is 1. The third kappa shape index (κ3) is 3.49. The molecule has 150 valence electrons. The van der Waals surface area contributed by atoms with Crippen LogP contribution in [0.1, 0.15) is 5.69 Å². The summed E-state index contributed by atoms with van der Waals surface area (Å²) in [7, 11) is 4.71. The van der Waals surface area contributed by atoms with Gasteiger partial charge in [0.2, 0.25) is 11.7 Å². The van der Waals surface area contributed by atoms with Crippen molar-refractivity contribution >= 4 is 44.4 Å². The average Bonchev–Trinajstić information content (AvgIpc) is 3.29. The first-order chi connectivity index (χ1) is 14.0. The average molecular weight is 476 g/mol. The van der Waals surface area contributed by atoms with E-state index in [1.807, 2.05) is 18.4 Å². The normalized spacial score (nSPS) is 10.9. The van der Waals surface area contributed by atoms with Gasteiger partial charge < -0.3 is 19.5 Å². The van der Waals surface area contributed by atoms with Gasteiger partial charge in [0.1, 0.15) is 5.52 Å². The molecule has 0 saturated carbocycles. The van der Waals surface area contributed by atoms with Crippen LogP contribution in [0.3, 0.4) is 0 Å². The fourth-order valence-corrected chi connectivity index (χ4v) is 4.49. The molecule has 0 aliphatic heterocycles. The highest BCUT2D eigenvalue weighted by molar-refractivity contribution is 9.10.